The second kappa shape index (κ2) is 5.90. The van der Waals surface area contributed by atoms with E-state index in [-0.39, 0.29) is 11.5 Å². The summed E-state index contributed by atoms with van der Waals surface area (Å²) < 4.78 is 9.60. The number of hydrogen-bond donors (Lipinski definition) is 1. The van der Waals surface area contributed by atoms with Crippen molar-refractivity contribution in [3.8, 4) is 11.5 Å². The highest BCUT2D eigenvalue weighted by Crippen LogP contribution is 2.17. The Morgan fingerprint density at radius 3 is 2.93 bits per heavy atom. The molecular formula is C11H14O4. The van der Waals surface area contributed by atoms with Crippen LogP contribution < -0.4 is 4.74 Å². The van der Waals surface area contributed by atoms with Gasteiger partial charge in [-0.3, -0.25) is 0 Å². The molecule has 4 heteroatoms. The summed E-state index contributed by atoms with van der Waals surface area (Å²) in [6, 6.07) is 6.00. The number of phenols is 1. The van der Waals surface area contributed by atoms with Gasteiger partial charge in [-0.15, -0.1) is 0 Å². The van der Waals surface area contributed by atoms with Crippen molar-refractivity contribution in [1.82, 2.24) is 0 Å². The van der Waals surface area contributed by atoms with Crippen LogP contribution in [0.4, 0.5) is 4.79 Å². The fourth-order valence-electron chi connectivity index (χ4n) is 0.973. The van der Waals surface area contributed by atoms with Crippen LogP contribution in [0, 0.1) is 0 Å². The Bertz CT molecular complexity index is 322. The highest BCUT2D eigenvalue weighted by Gasteiger charge is 2.05. The number of hydrogen-bond acceptors (Lipinski definition) is 4. The third kappa shape index (κ3) is 4.35. The number of unbranched alkanes of at least 4 members (excludes halogenated alkanes) is 1. The number of phenolic OH excluding ortho intramolecular Hbond substituents is 1. The maximum Gasteiger partial charge on any atom is 0.513 e. The van der Waals surface area contributed by atoms with Gasteiger partial charge in [-0.2, -0.15) is 0 Å². The van der Waals surface area contributed by atoms with Gasteiger partial charge in [0, 0.05) is 6.07 Å². The number of aromatic hydroxyl groups is 1. The van der Waals surface area contributed by atoms with E-state index in [4.69, 9.17) is 14.6 Å². The molecule has 82 valence electrons. The van der Waals surface area contributed by atoms with Crippen molar-refractivity contribution in [3.05, 3.63) is 24.3 Å². The largest absolute Gasteiger partial charge is 0.513 e. The van der Waals surface area contributed by atoms with Gasteiger partial charge >= 0.3 is 6.16 Å². The number of ether oxygens (including phenoxy) is 2. The fraction of sp³-hybridized carbons (Fsp3) is 0.364. The zero-order valence-corrected chi connectivity index (χ0v) is 8.60. The maximum atomic E-state index is 11.1. The zero-order chi connectivity index (χ0) is 11.1. The number of carbonyl (C=O) groups is 1. The van der Waals surface area contributed by atoms with E-state index < -0.39 is 6.16 Å². The highest BCUT2D eigenvalue weighted by atomic mass is 16.7. The van der Waals surface area contributed by atoms with Gasteiger partial charge in [0.1, 0.15) is 11.5 Å². The van der Waals surface area contributed by atoms with Crippen molar-refractivity contribution in [2.75, 3.05) is 6.61 Å². The lowest BCUT2D eigenvalue weighted by molar-refractivity contribution is 0.0978. The van der Waals surface area contributed by atoms with Crippen molar-refractivity contribution in [3.63, 3.8) is 0 Å². The van der Waals surface area contributed by atoms with E-state index in [1.54, 1.807) is 12.1 Å². The molecule has 0 saturated heterocycles. The van der Waals surface area contributed by atoms with E-state index >= 15 is 0 Å². The monoisotopic (exact) mass is 210 g/mol. The first-order chi connectivity index (χ1) is 7.22. The van der Waals surface area contributed by atoms with Crippen LogP contribution in [-0.2, 0) is 4.74 Å². The second-order valence-corrected chi connectivity index (χ2v) is 3.05. The Labute approximate surface area is 88.4 Å². The molecule has 4 nitrogen and oxygen atoms in total. The van der Waals surface area contributed by atoms with Gasteiger partial charge in [-0.05, 0) is 18.6 Å². The lowest BCUT2D eigenvalue weighted by atomic mass is 10.3. The normalized spacial score (nSPS) is 9.67. The van der Waals surface area contributed by atoms with E-state index in [0.29, 0.717) is 6.61 Å². The van der Waals surface area contributed by atoms with E-state index in [2.05, 4.69) is 0 Å². The molecular weight excluding hydrogens is 196 g/mol. The molecule has 0 atom stereocenters. The van der Waals surface area contributed by atoms with Gasteiger partial charge in [-0.25, -0.2) is 4.79 Å². The average Bonchev–Trinajstić information content (AvgIpc) is 2.18. The molecule has 1 aromatic rings. The molecule has 1 rings (SSSR count). The van der Waals surface area contributed by atoms with Crippen molar-refractivity contribution in [1.29, 1.82) is 0 Å². The summed E-state index contributed by atoms with van der Waals surface area (Å²) in [5.41, 5.74) is 0. The highest BCUT2D eigenvalue weighted by molar-refractivity contribution is 5.63. The molecule has 0 aliphatic heterocycles. The SMILES string of the molecule is CCCCOC(=O)Oc1cccc(O)c1. The van der Waals surface area contributed by atoms with Crippen LogP contribution in [0.1, 0.15) is 19.8 Å². The predicted molar refractivity (Wildman–Crippen MR) is 55.0 cm³/mol. The number of rotatable bonds is 4. The summed E-state index contributed by atoms with van der Waals surface area (Å²) in [7, 11) is 0. The summed E-state index contributed by atoms with van der Waals surface area (Å²) in [5.74, 6) is 0.324. The van der Waals surface area contributed by atoms with E-state index in [0.717, 1.165) is 12.8 Å². The quantitative estimate of drug-likeness (QED) is 0.471. The molecule has 0 heterocycles. The molecule has 1 N–H and O–H groups in total. The van der Waals surface area contributed by atoms with Crippen LogP contribution in [0.25, 0.3) is 0 Å². The van der Waals surface area contributed by atoms with Crippen molar-refractivity contribution in [2.45, 2.75) is 19.8 Å². The summed E-state index contributed by atoms with van der Waals surface area (Å²) in [5, 5.41) is 9.11. The Hall–Kier alpha value is -1.71. The maximum absolute atomic E-state index is 11.1. The first-order valence-electron chi connectivity index (χ1n) is 4.86. The van der Waals surface area contributed by atoms with Crippen LogP contribution in [0.5, 0.6) is 11.5 Å². The van der Waals surface area contributed by atoms with Gasteiger partial charge in [-0.1, -0.05) is 19.4 Å². The third-order valence-corrected chi connectivity index (χ3v) is 1.74. The average molecular weight is 210 g/mol. The van der Waals surface area contributed by atoms with Gasteiger partial charge < -0.3 is 14.6 Å². The van der Waals surface area contributed by atoms with Crippen LogP contribution >= 0.6 is 0 Å². The molecule has 15 heavy (non-hydrogen) atoms. The number of benzene rings is 1. The van der Waals surface area contributed by atoms with Crippen molar-refractivity contribution in [2.24, 2.45) is 0 Å². The zero-order valence-electron chi connectivity index (χ0n) is 8.60. The van der Waals surface area contributed by atoms with Crippen LogP contribution in [-0.4, -0.2) is 17.9 Å². The minimum absolute atomic E-state index is 0.0499. The summed E-state index contributed by atoms with van der Waals surface area (Å²) in [6.07, 6.45) is 1.03. The third-order valence-electron chi connectivity index (χ3n) is 1.74. The minimum atomic E-state index is -0.742. The smallest absolute Gasteiger partial charge is 0.508 e. The molecule has 0 amide bonds. The topological polar surface area (TPSA) is 55.8 Å². The standard InChI is InChI=1S/C11H14O4/c1-2-3-7-14-11(13)15-10-6-4-5-9(12)8-10/h4-6,8,12H,2-3,7H2,1H3. The predicted octanol–water partition coefficient (Wildman–Crippen LogP) is 2.71. The molecule has 0 unspecified atom stereocenters. The minimum Gasteiger partial charge on any atom is -0.508 e. The molecule has 0 saturated carbocycles. The van der Waals surface area contributed by atoms with Gasteiger partial charge in [0.05, 0.1) is 6.61 Å². The summed E-state index contributed by atoms with van der Waals surface area (Å²) in [6.45, 7) is 2.36. The molecule has 0 aromatic heterocycles. The lowest BCUT2D eigenvalue weighted by Crippen LogP contribution is -2.11. The molecule has 0 bridgehead atoms. The Kier molecular flexibility index (Phi) is 4.47. The molecule has 0 radical (unpaired) electrons. The van der Waals surface area contributed by atoms with Crippen LogP contribution in [0.3, 0.4) is 0 Å². The van der Waals surface area contributed by atoms with E-state index in [9.17, 15) is 4.79 Å². The van der Waals surface area contributed by atoms with Crippen molar-refractivity contribution >= 4 is 6.16 Å². The molecule has 0 aliphatic carbocycles. The Morgan fingerprint density at radius 1 is 1.47 bits per heavy atom. The Morgan fingerprint density at radius 2 is 2.27 bits per heavy atom. The van der Waals surface area contributed by atoms with Gasteiger partial charge in [0.25, 0.3) is 0 Å². The van der Waals surface area contributed by atoms with E-state index in [1.165, 1.54) is 12.1 Å². The lowest BCUT2D eigenvalue weighted by Gasteiger charge is -2.05. The van der Waals surface area contributed by atoms with Crippen LogP contribution in [0.15, 0.2) is 24.3 Å². The van der Waals surface area contributed by atoms with Gasteiger partial charge in [0.15, 0.2) is 0 Å². The summed E-state index contributed by atoms with van der Waals surface area (Å²) in [4.78, 5) is 11.1. The first-order valence-corrected chi connectivity index (χ1v) is 4.86. The molecule has 0 aliphatic rings. The Balaban J connectivity index is 2.37. The molecule has 0 spiro atoms. The first kappa shape index (κ1) is 11.4. The van der Waals surface area contributed by atoms with Gasteiger partial charge in [0.2, 0.25) is 0 Å². The molecule has 0 fully saturated rings. The second-order valence-electron chi connectivity index (χ2n) is 3.05. The van der Waals surface area contributed by atoms with E-state index in [1.807, 2.05) is 6.92 Å². The van der Waals surface area contributed by atoms with Crippen molar-refractivity contribution < 1.29 is 19.4 Å². The molecule has 1 aromatic carbocycles. The van der Waals surface area contributed by atoms with Crippen LogP contribution in [0.2, 0.25) is 0 Å². The fourth-order valence-corrected chi connectivity index (χ4v) is 0.973. The summed E-state index contributed by atoms with van der Waals surface area (Å²) >= 11 is 0. The number of carbonyl (C=O) groups excluding carboxylic acids is 1.